The van der Waals surface area contributed by atoms with E-state index in [0.717, 1.165) is 29.5 Å². The van der Waals surface area contributed by atoms with Gasteiger partial charge in [-0.1, -0.05) is 13.3 Å². The number of aryl methyl sites for hydroxylation is 2. The Labute approximate surface area is 119 Å². The van der Waals surface area contributed by atoms with E-state index in [1.54, 1.807) is 32.1 Å². The van der Waals surface area contributed by atoms with Gasteiger partial charge >= 0.3 is 0 Å². The first-order valence-corrected chi connectivity index (χ1v) is 6.69. The predicted octanol–water partition coefficient (Wildman–Crippen LogP) is 2.83. The van der Waals surface area contributed by atoms with Crippen LogP contribution in [0.1, 0.15) is 36.5 Å². The van der Waals surface area contributed by atoms with E-state index in [1.807, 2.05) is 13.0 Å². The summed E-state index contributed by atoms with van der Waals surface area (Å²) in [6, 6.07) is 5.42. The molecule has 0 saturated heterocycles. The van der Waals surface area contributed by atoms with Crippen molar-refractivity contribution in [3.8, 4) is 11.8 Å². The maximum Gasteiger partial charge on any atom is 0.261 e. The van der Waals surface area contributed by atoms with Gasteiger partial charge in [0, 0.05) is 6.54 Å². The smallest absolute Gasteiger partial charge is 0.261 e. The fraction of sp³-hybridized carbons (Fsp3) is 0.375. The van der Waals surface area contributed by atoms with Crippen molar-refractivity contribution in [2.24, 2.45) is 0 Å². The highest BCUT2D eigenvalue weighted by atomic mass is 16.3. The van der Waals surface area contributed by atoms with Gasteiger partial charge in [-0.3, -0.25) is 4.79 Å². The zero-order chi connectivity index (χ0) is 15.1. The Hall–Kier alpha value is -2.28. The Morgan fingerprint density at radius 2 is 2.00 bits per heavy atom. The number of unbranched alkanes of at least 4 members (excludes halogenated alkanes) is 1. The second-order valence-electron chi connectivity index (χ2n) is 4.78. The van der Waals surface area contributed by atoms with Crippen LogP contribution in [0, 0.1) is 25.2 Å². The van der Waals surface area contributed by atoms with Crippen molar-refractivity contribution in [1.82, 2.24) is 5.32 Å². The minimum Gasteiger partial charge on any atom is -0.507 e. The zero-order valence-electron chi connectivity index (χ0n) is 12.2. The molecule has 106 valence electrons. The monoisotopic (exact) mass is 272 g/mol. The van der Waals surface area contributed by atoms with E-state index in [1.165, 1.54) is 0 Å². The lowest BCUT2D eigenvalue weighted by molar-refractivity contribution is -0.117. The molecule has 0 aliphatic carbocycles. The third-order valence-corrected chi connectivity index (χ3v) is 3.01. The number of carbonyl (C=O) groups excluding carboxylic acids is 1. The highest BCUT2D eigenvalue weighted by Gasteiger charge is 2.09. The molecule has 1 aromatic carbocycles. The summed E-state index contributed by atoms with van der Waals surface area (Å²) >= 11 is 0. The number of carbonyl (C=O) groups is 1. The van der Waals surface area contributed by atoms with Gasteiger partial charge in [0.2, 0.25) is 0 Å². The molecule has 0 heterocycles. The van der Waals surface area contributed by atoms with Gasteiger partial charge in [-0.05, 0) is 55.2 Å². The van der Waals surface area contributed by atoms with Crippen molar-refractivity contribution in [3.05, 3.63) is 34.4 Å². The van der Waals surface area contributed by atoms with Gasteiger partial charge in [0.25, 0.3) is 5.91 Å². The van der Waals surface area contributed by atoms with Crippen LogP contribution in [-0.2, 0) is 4.79 Å². The lowest BCUT2D eigenvalue weighted by Crippen LogP contribution is -2.25. The summed E-state index contributed by atoms with van der Waals surface area (Å²) in [5.74, 6) is -0.114. The Morgan fingerprint density at radius 1 is 1.40 bits per heavy atom. The molecule has 4 nitrogen and oxygen atoms in total. The van der Waals surface area contributed by atoms with Crippen LogP contribution in [-0.4, -0.2) is 17.6 Å². The first kappa shape index (κ1) is 15.8. The van der Waals surface area contributed by atoms with Crippen molar-refractivity contribution < 1.29 is 9.90 Å². The van der Waals surface area contributed by atoms with Crippen LogP contribution in [0.3, 0.4) is 0 Å². The normalized spacial score (nSPS) is 11.0. The maximum atomic E-state index is 11.8. The van der Waals surface area contributed by atoms with Crippen LogP contribution >= 0.6 is 0 Å². The van der Waals surface area contributed by atoms with E-state index in [0.29, 0.717) is 6.54 Å². The first-order chi connectivity index (χ1) is 9.49. The fourth-order valence-corrected chi connectivity index (χ4v) is 1.86. The number of nitrogens with one attached hydrogen (secondary N) is 1. The van der Waals surface area contributed by atoms with Gasteiger partial charge in [0.05, 0.1) is 0 Å². The molecule has 0 spiro atoms. The number of nitriles is 1. The van der Waals surface area contributed by atoms with E-state index in [9.17, 15) is 9.90 Å². The van der Waals surface area contributed by atoms with E-state index >= 15 is 0 Å². The van der Waals surface area contributed by atoms with Gasteiger partial charge in [-0.15, -0.1) is 0 Å². The molecule has 0 bridgehead atoms. The number of hydrogen-bond acceptors (Lipinski definition) is 3. The molecule has 0 aromatic heterocycles. The summed E-state index contributed by atoms with van der Waals surface area (Å²) < 4.78 is 0. The number of amides is 1. The Kier molecular flexibility index (Phi) is 5.79. The molecule has 1 amide bonds. The van der Waals surface area contributed by atoms with Gasteiger partial charge in [-0.2, -0.15) is 5.26 Å². The number of rotatable bonds is 5. The molecule has 0 saturated carbocycles. The van der Waals surface area contributed by atoms with Crippen molar-refractivity contribution in [1.29, 1.82) is 5.26 Å². The molecule has 1 aromatic rings. The SMILES string of the molecule is CCCCNC(=O)/C(C#N)=C\c1cc(C)c(O)c(C)c1. The van der Waals surface area contributed by atoms with Gasteiger partial charge in [-0.25, -0.2) is 0 Å². The first-order valence-electron chi connectivity index (χ1n) is 6.69. The average molecular weight is 272 g/mol. The van der Waals surface area contributed by atoms with E-state index in [4.69, 9.17) is 5.26 Å². The average Bonchev–Trinajstić information content (AvgIpc) is 2.42. The molecular formula is C16H20N2O2. The number of benzene rings is 1. The summed E-state index contributed by atoms with van der Waals surface area (Å²) in [4.78, 5) is 11.8. The zero-order valence-corrected chi connectivity index (χ0v) is 12.2. The van der Waals surface area contributed by atoms with E-state index in [2.05, 4.69) is 5.32 Å². The standard InChI is InChI=1S/C16H20N2O2/c1-4-5-6-18-16(20)14(10-17)9-13-7-11(2)15(19)12(3)8-13/h7-9,19H,4-6H2,1-3H3,(H,18,20)/b14-9-. The molecule has 4 heteroatoms. The van der Waals surface area contributed by atoms with Crippen molar-refractivity contribution in [2.45, 2.75) is 33.6 Å². The topological polar surface area (TPSA) is 73.1 Å². The minimum absolute atomic E-state index is 0.0746. The molecule has 0 unspecified atom stereocenters. The van der Waals surface area contributed by atoms with Gasteiger partial charge in [0.1, 0.15) is 17.4 Å². The highest BCUT2D eigenvalue weighted by Crippen LogP contribution is 2.24. The number of hydrogen-bond donors (Lipinski definition) is 2. The third kappa shape index (κ3) is 4.13. The largest absolute Gasteiger partial charge is 0.507 e. The Bertz CT molecular complexity index is 545. The van der Waals surface area contributed by atoms with E-state index in [-0.39, 0.29) is 17.2 Å². The molecule has 0 aliphatic rings. The predicted molar refractivity (Wildman–Crippen MR) is 79.1 cm³/mol. The number of phenolic OH excluding ortho intramolecular Hbond substituents is 1. The molecule has 0 fully saturated rings. The molecule has 0 radical (unpaired) electrons. The quantitative estimate of drug-likeness (QED) is 0.492. The summed E-state index contributed by atoms with van der Waals surface area (Å²) in [5, 5.41) is 21.5. The van der Waals surface area contributed by atoms with Gasteiger partial charge < -0.3 is 10.4 Å². The minimum atomic E-state index is -0.357. The number of nitrogens with zero attached hydrogens (tertiary/aromatic N) is 1. The maximum absolute atomic E-state index is 11.8. The summed E-state index contributed by atoms with van der Waals surface area (Å²) in [6.07, 6.45) is 3.42. The second kappa shape index (κ2) is 7.34. The highest BCUT2D eigenvalue weighted by molar-refractivity contribution is 6.01. The van der Waals surface area contributed by atoms with Crippen molar-refractivity contribution >= 4 is 12.0 Å². The van der Waals surface area contributed by atoms with E-state index < -0.39 is 0 Å². The fourth-order valence-electron chi connectivity index (χ4n) is 1.86. The summed E-state index contributed by atoms with van der Waals surface area (Å²) in [5.41, 5.74) is 2.26. The van der Waals surface area contributed by atoms with Crippen LogP contribution in [0.15, 0.2) is 17.7 Å². The van der Waals surface area contributed by atoms with Crippen molar-refractivity contribution in [2.75, 3.05) is 6.54 Å². The van der Waals surface area contributed by atoms with Crippen LogP contribution in [0.5, 0.6) is 5.75 Å². The Morgan fingerprint density at radius 3 is 2.50 bits per heavy atom. The van der Waals surface area contributed by atoms with Crippen LogP contribution in [0.2, 0.25) is 0 Å². The van der Waals surface area contributed by atoms with Crippen LogP contribution in [0.4, 0.5) is 0 Å². The molecular weight excluding hydrogens is 252 g/mol. The molecule has 0 aliphatic heterocycles. The van der Waals surface area contributed by atoms with Crippen molar-refractivity contribution in [3.63, 3.8) is 0 Å². The van der Waals surface area contributed by atoms with Crippen LogP contribution in [0.25, 0.3) is 6.08 Å². The summed E-state index contributed by atoms with van der Waals surface area (Å²) in [6.45, 7) is 6.18. The summed E-state index contributed by atoms with van der Waals surface area (Å²) in [7, 11) is 0. The molecule has 20 heavy (non-hydrogen) atoms. The third-order valence-electron chi connectivity index (χ3n) is 3.01. The molecule has 0 atom stereocenters. The lowest BCUT2D eigenvalue weighted by atomic mass is 10.0. The second-order valence-corrected chi connectivity index (χ2v) is 4.78. The molecule has 1 rings (SSSR count). The number of aromatic hydroxyl groups is 1. The van der Waals surface area contributed by atoms with Crippen LogP contribution < -0.4 is 5.32 Å². The Balaban J connectivity index is 2.95. The molecule has 2 N–H and O–H groups in total. The van der Waals surface area contributed by atoms with Gasteiger partial charge in [0.15, 0.2) is 0 Å². The lowest BCUT2D eigenvalue weighted by Gasteiger charge is -2.06. The number of phenols is 1.